The summed E-state index contributed by atoms with van der Waals surface area (Å²) < 4.78 is 0. The van der Waals surface area contributed by atoms with Crippen LogP contribution >= 0.6 is 0 Å². The highest BCUT2D eigenvalue weighted by Crippen LogP contribution is 2.12. The third-order valence-electron chi connectivity index (χ3n) is 3.80. The molecule has 0 aliphatic carbocycles. The summed E-state index contributed by atoms with van der Waals surface area (Å²) in [5, 5.41) is 4.58. The Kier molecular flexibility index (Phi) is 15.2. The smallest absolute Gasteiger partial charge is 0.322 e. The quantitative estimate of drug-likeness (QED) is 0.414. The minimum atomic E-state index is -0.817. The Balaban J connectivity index is 3.08. The third kappa shape index (κ3) is 16.8. The van der Waals surface area contributed by atoms with Gasteiger partial charge in [0.1, 0.15) is 0 Å². The highest BCUT2D eigenvalue weighted by molar-refractivity contribution is 5.92. The molecule has 0 unspecified atom stereocenters. The van der Waals surface area contributed by atoms with Crippen molar-refractivity contribution in [3.63, 3.8) is 0 Å². The molecule has 0 aromatic carbocycles. The first-order chi connectivity index (χ1) is 10.7. The van der Waals surface area contributed by atoms with Crippen molar-refractivity contribution in [2.45, 2.75) is 90.4 Å². The van der Waals surface area contributed by atoms with E-state index >= 15 is 0 Å². The van der Waals surface area contributed by atoms with Crippen LogP contribution in [0, 0.1) is 0 Å². The lowest BCUT2D eigenvalue weighted by molar-refractivity contribution is 0.231. The van der Waals surface area contributed by atoms with Crippen molar-refractivity contribution < 1.29 is 9.59 Å². The van der Waals surface area contributed by atoms with E-state index in [0.29, 0.717) is 6.54 Å². The van der Waals surface area contributed by atoms with Gasteiger partial charge in [0.2, 0.25) is 0 Å². The van der Waals surface area contributed by atoms with E-state index in [9.17, 15) is 9.59 Å². The van der Waals surface area contributed by atoms with E-state index in [0.717, 1.165) is 12.8 Å². The van der Waals surface area contributed by atoms with Crippen molar-refractivity contribution in [3.8, 4) is 0 Å². The maximum Gasteiger partial charge on any atom is 0.322 e. The number of nitrogens with one attached hydrogen (secondary N) is 2. The minimum absolute atomic E-state index is 0.508. The molecule has 0 aliphatic rings. The molecule has 4 N–H and O–H groups in total. The number of hydrogen-bond donors (Lipinski definition) is 3. The number of urea groups is 2. The second-order valence-electron chi connectivity index (χ2n) is 5.99. The lowest BCUT2D eigenvalue weighted by Crippen LogP contribution is -2.42. The average molecular weight is 313 g/mol. The Labute approximate surface area is 135 Å². The van der Waals surface area contributed by atoms with Gasteiger partial charge in [0.15, 0.2) is 0 Å². The van der Waals surface area contributed by atoms with E-state index in [1.54, 1.807) is 0 Å². The first kappa shape index (κ1) is 20.7. The summed E-state index contributed by atoms with van der Waals surface area (Å²) in [6, 6.07) is -1.32. The Morgan fingerprint density at radius 1 is 0.727 bits per heavy atom. The average Bonchev–Trinajstić information content (AvgIpc) is 2.47. The van der Waals surface area contributed by atoms with E-state index in [2.05, 4.69) is 12.2 Å². The van der Waals surface area contributed by atoms with Crippen molar-refractivity contribution in [3.05, 3.63) is 0 Å². The largest absolute Gasteiger partial charge is 0.351 e. The van der Waals surface area contributed by atoms with Crippen LogP contribution in [0.4, 0.5) is 9.59 Å². The fourth-order valence-corrected chi connectivity index (χ4v) is 2.50. The van der Waals surface area contributed by atoms with Crippen LogP contribution < -0.4 is 16.4 Å². The Morgan fingerprint density at radius 2 is 1.14 bits per heavy atom. The Bertz CT molecular complexity index is 283. The second-order valence-corrected chi connectivity index (χ2v) is 5.99. The molecular formula is C17H35N3O2. The number of unbranched alkanes of at least 4 members (excludes halogenated alkanes) is 12. The van der Waals surface area contributed by atoms with E-state index in [1.165, 1.54) is 70.6 Å². The third-order valence-corrected chi connectivity index (χ3v) is 3.80. The standard InChI is InChI=1S/C17H35N3O2/c1-2-3-4-5-6-7-8-9-10-11-12-13-14-15-19-17(22)20-16(18)21/h2-15H2,1H3,(H4,18,19,20,21,22). The normalized spacial score (nSPS) is 10.4. The maximum absolute atomic E-state index is 11.0. The molecule has 0 bridgehead atoms. The molecule has 0 aliphatic heterocycles. The summed E-state index contributed by atoms with van der Waals surface area (Å²) in [4.78, 5) is 21.5. The Morgan fingerprint density at radius 3 is 1.55 bits per heavy atom. The molecule has 4 amide bonds. The molecule has 0 saturated heterocycles. The number of carbonyl (C=O) groups excluding carboxylic acids is 2. The molecule has 0 atom stereocenters. The van der Waals surface area contributed by atoms with Gasteiger partial charge in [0.25, 0.3) is 0 Å². The number of nitrogens with two attached hydrogens (primary N) is 1. The number of carbonyl (C=O) groups is 2. The summed E-state index contributed by atoms with van der Waals surface area (Å²) in [7, 11) is 0. The zero-order valence-electron chi connectivity index (χ0n) is 14.3. The molecular weight excluding hydrogens is 278 g/mol. The van der Waals surface area contributed by atoms with Crippen LogP contribution in [-0.2, 0) is 0 Å². The molecule has 5 heteroatoms. The predicted molar refractivity (Wildman–Crippen MR) is 91.8 cm³/mol. The molecule has 0 aromatic heterocycles. The molecule has 0 saturated carbocycles. The van der Waals surface area contributed by atoms with Gasteiger partial charge in [-0.2, -0.15) is 0 Å². The lowest BCUT2D eigenvalue weighted by atomic mass is 10.0. The SMILES string of the molecule is CCCCCCCCCCCCCCCNC(=O)NC(N)=O. The van der Waals surface area contributed by atoms with Gasteiger partial charge in [0, 0.05) is 6.54 Å². The fourth-order valence-electron chi connectivity index (χ4n) is 2.50. The van der Waals surface area contributed by atoms with Gasteiger partial charge in [-0.25, -0.2) is 9.59 Å². The molecule has 0 spiro atoms. The van der Waals surface area contributed by atoms with E-state index in [-0.39, 0.29) is 0 Å². The van der Waals surface area contributed by atoms with Crippen molar-refractivity contribution in [1.29, 1.82) is 0 Å². The van der Waals surface area contributed by atoms with Crippen LogP contribution in [0.5, 0.6) is 0 Å². The first-order valence-corrected chi connectivity index (χ1v) is 9.01. The van der Waals surface area contributed by atoms with E-state index in [1.807, 2.05) is 5.32 Å². The molecule has 130 valence electrons. The topological polar surface area (TPSA) is 84.2 Å². The molecule has 5 nitrogen and oxygen atoms in total. The van der Waals surface area contributed by atoms with Gasteiger partial charge in [-0.15, -0.1) is 0 Å². The van der Waals surface area contributed by atoms with Gasteiger partial charge in [0.05, 0.1) is 0 Å². The summed E-state index contributed by atoms with van der Waals surface area (Å²) in [6.45, 7) is 2.85. The molecule has 0 radical (unpaired) electrons. The van der Waals surface area contributed by atoms with Crippen LogP contribution in [0.2, 0.25) is 0 Å². The van der Waals surface area contributed by atoms with Crippen molar-refractivity contribution in [2.24, 2.45) is 5.73 Å². The first-order valence-electron chi connectivity index (χ1n) is 9.01. The number of rotatable bonds is 14. The summed E-state index contributed by atoms with van der Waals surface area (Å²) in [6.07, 6.45) is 16.9. The monoisotopic (exact) mass is 313 g/mol. The number of imide groups is 1. The second kappa shape index (κ2) is 16.1. The minimum Gasteiger partial charge on any atom is -0.351 e. The Hall–Kier alpha value is -1.26. The van der Waals surface area contributed by atoms with Gasteiger partial charge in [-0.05, 0) is 6.42 Å². The summed E-state index contributed by atoms with van der Waals surface area (Å²) >= 11 is 0. The van der Waals surface area contributed by atoms with Crippen molar-refractivity contribution in [1.82, 2.24) is 10.6 Å². The fraction of sp³-hybridized carbons (Fsp3) is 0.882. The van der Waals surface area contributed by atoms with Crippen LogP contribution in [0.3, 0.4) is 0 Å². The molecule has 0 rings (SSSR count). The number of amides is 4. The van der Waals surface area contributed by atoms with E-state index < -0.39 is 12.1 Å². The number of primary amides is 1. The highest BCUT2D eigenvalue weighted by atomic mass is 16.2. The summed E-state index contributed by atoms with van der Waals surface area (Å²) in [5.41, 5.74) is 4.83. The van der Waals surface area contributed by atoms with Gasteiger partial charge in [-0.3, -0.25) is 5.32 Å². The van der Waals surface area contributed by atoms with Crippen molar-refractivity contribution in [2.75, 3.05) is 6.54 Å². The zero-order chi connectivity index (χ0) is 16.5. The molecule has 0 heterocycles. The van der Waals surface area contributed by atoms with Gasteiger partial charge in [-0.1, -0.05) is 84.0 Å². The molecule has 0 fully saturated rings. The van der Waals surface area contributed by atoms with Gasteiger partial charge < -0.3 is 11.1 Å². The van der Waals surface area contributed by atoms with E-state index in [4.69, 9.17) is 5.73 Å². The van der Waals surface area contributed by atoms with Gasteiger partial charge >= 0.3 is 12.1 Å². The highest BCUT2D eigenvalue weighted by Gasteiger charge is 2.01. The van der Waals surface area contributed by atoms with Crippen LogP contribution in [0.1, 0.15) is 90.4 Å². The molecule has 22 heavy (non-hydrogen) atoms. The maximum atomic E-state index is 11.0. The zero-order valence-corrected chi connectivity index (χ0v) is 14.3. The molecule has 0 aromatic rings. The van der Waals surface area contributed by atoms with Crippen molar-refractivity contribution >= 4 is 12.1 Å². The van der Waals surface area contributed by atoms with Crippen LogP contribution in [-0.4, -0.2) is 18.6 Å². The van der Waals surface area contributed by atoms with Crippen LogP contribution in [0.15, 0.2) is 0 Å². The van der Waals surface area contributed by atoms with Crippen LogP contribution in [0.25, 0.3) is 0 Å². The lowest BCUT2D eigenvalue weighted by Gasteiger charge is -2.05. The number of hydrogen-bond acceptors (Lipinski definition) is 2. The summed E-state index contributed by atoms with van der Waals surface area (Å²) in [5.74, 6) is 0. The predicted octanol–water partition coefficient (Wildman–Crippen LogP) is 4.46.